The maximum Gasteiger partial charge on any atom is 0.289 e. The van der Waals surface area contributed by atoms with Crippen molar-refractivity contribution < 1.29 is 14.4 Å². The van der Waals surface area contributed by atoms with Crippen LogP contribution in [-0.2, 0) is 28.0 Å². The maximum atomic E-state index is 12.3. The van der Waals surface area contributed by atoms with E-state index in [0.717, 1.165) is 24.1 Å². The number of aryl methyl sites for hydroxylation is 2. The number of benzene rings is 1. The molecular weight excluding hydrogens is 392 g/mol. The van der Waals surface area contributed by atoms with Crippen LogP contribution in [0.1, 0.15) is 50.3 Å². The number of hydrogen-bond donors (Lipinski definition) is 1. The van der Waals surface area contributed by atoms with Crippen molar-refractivity contribution in [2.45, 2.75) is 58.5 Å². The molecule has 1 saturated carbocycles. The van der Waals surface area contributed by atoms with E-state index in [1.807, 2.05) is 55.1 Å². The number of amides is 2. The van der Waals surface area contributed by atoms with E-state index in [1.54, 1.807) is 13.3 Å². The van der Waals surface area contributed by atoms with Crippen molar-refractivity contribution in [1.29, 1.82) is 0 Å². The van der Waals surface area contributed by atoms with Crippen molar-refractivity contribution in [1.82, 2.24) is 19.8 Å². The molecule has 7 nitrogen and oxygen atoms in total. The van der Waals surface area contributed by atoms with Crippen molar-refractivity contribution in [3.63, 3.8) is 0 Å². The molecule has 1 heterocycles. The Labute approximate surface area is 184 Å². The summed E-state index contributed by atoms with van der Waals surface area (Å²) in [5.41, 5.74) is 1.99. The minimum atomic E-state index is -0.769. The van der Waals surface area contributed by atoms with Crippen molar-refractivity contribution in [2.75, 3.05) is 6.54 Å². The summed E-state index contributed by atoms with van der Waals surface area (Å²) in [7, 11) is 1.96. The Balaban J connectivity index is 0.000000412. The summed E-state index contributed by atoms with van der Waals surface area (Å²) in [6.07, 6.45) is 10.3. The summed E-state index contributed by atoms with van der Waals surface area (Å²) in [6, 6.07) is 8.65. The topological polar surface area (TPSA) is 84.3 Å². The Morgan fingerprint density at radius 1 is 1.23 bits per heavy atom. The van der Waals surface area contributed by atoms with Gasteiger partial charge in [0.2, 0.25) is 12.2 Å². The molecule has 0 bridgehead atoms. The third kappa shape index (κ3) is 8.36. The fraction of sp³-hybridized carbons (Fsp3) is 0.500. The van der Waals surface area contributed by atoms with Crippen molar-refractivity contribution in [3.8, 4) is 0 Å². The lowest BCUT2D eigenvalue weighted by Gasteiger charge is -2.25. The second-order valence-corrected chi connectivity index (χ2v) is 8.20. The van der Waals surface area contributed by atoms with Gasteiger partial charge in [0.05, 0.1) is 18.1 Å². The van der Waals surface area contributed by atoms with Gasteiger partial charge in [-0.05, 0) is 38.2 Å². The molecule has 1 aromatic heterocycles. The highest BCUT2D eigenvalue weighted by atomic mass is 16.2. The third-order valence-electron chi connectivity index (χ3n) is 5.55. The molecule has 3 rings (SSSR count). The van der Waals surface area contributed by atoms with Gasteiger partial charge in [-0.15, -0.1) is 0 Å². The molecule has 31 heavy (non-hydrogen) atoms. The lowest BCUT2D eigenvalue weighted by molar-refractivity contribution is -0.142. The van der Waals surface area contributed by atoms with Crippen molar-refractivity contribution in [2.24, 2.45) is 13.0 Å². The van der Waals surface area contributed by atoms with E-state index in [1.165, 1.54) is 24.2 Å². The number of carbonyl (C=O) groups excluding carboxylic acids is 3. The first-order chi connectivity index (χ1) is 14.9. The minimum Gasteiger partial charge on any atom is -0.349 e. The zero-order chi connectivity index (χ0) is 22.6. The van der Waals surface area contributed by atoms with E-state index >= 15 is 0 Å². The molecule has 0 saturated heterocycles. The van der Waals surface area contributed by atoms with Crippen LogP contribution < -0.4 is 5.32 Å². The number of aromatic nitrogens is 2. The molecule has 0 spiro atoms. The van der Waals surface area contributed by atoms with Crippen LogP contribution in [-0.4, -0.2) is 45.1 Å². The van der Waals surface area contributed by atoms with Gasteiger partial charge in [-0.2, -0.15) is 0 Å². The Hall–Kier alpha value is -2.96. The van der Waals surface area contributed by atoms with Crippen molar-refractivity contribution in [3.05, 3.63) is 54.1 Å². The maximum absolute atomic E-state index is 12.3. The molecule has 1 aliphatic rings. The van der Waals surface area contributed by atoms with Gasteiger partial charge in [-0.3, -0.25) is 14.4 Å². The van der Waals surface area contributed by atoms with Gasteiger partial charge in [-0.25, -0.2) is 4.98 Å². The molecular formula is C24H34N4O3. The Morgan fingerprint density at radius 2 is 1.90 bits per heavy atom. The number of Topliss-reactive ketones (excluding diaryl/α,β-unsaturated/α-hetero) is 1. The van der Waals surface area contributed by atoms with Gasteiger partial charge < -0.3 is 14.8 Å². The van der Waals surface area contributed by atoms with Crippen molar-refractivity contribution >= 4 is 18.1 Å². The summed E-state index contributed by atoms with van der Waals surface area (Å²) in [5, 5.41) is 2.74. The van der Waals surface area contributed by atoms with Crippen LogP contribution in [0.5, 0.6) is 0 Å². The fourth-order valence-electron chi connectivity index (χ4n) is 3.66. The van der Waals surface area contributed by atoms with E-state index in [0.29, 0.717) is 25.4 Å². The van der Waals surface area contributed by atoms with E-state index in [9.17, 15) is 14.4 Å². The highest BCUT2D eigenvalue weighted by Gasteiger charge is 2.26. The summed E-state index contributed by atoms with van der Waals surface area (Å²) >= 11 is 0. The number of hydrogen-bond acceptors (Lipinski definition) is 4. The predicted octanol–water partition coefficient (Wildman–Crippen LogP) is 3.03. The average molecular weight is 427 g/mol. The van der Waals surface area contributed by atoms with Gasteiger partial charge in [0.1, 0.15) is 0 Å². The lowest BCUT2D eigenvalue weighted by Crippen LogP contribution is -2.46. The Morgan fingerprint density at radius 3 is 2.42 bits per heavy atom. The summed E-state index contributed by atoms with van der Waals surface area (Å²) in [6.45, 7) is 4.43. The molecule has 0 unspecified atom stereocenters. The van der Waals surface area contributed by atoms with Crippen LogP contribution in [0.25, 0.3) is 0 Å². The van der Waals surface area contributed by atoms with Crippen LogP contribution in [0.3, 0.4) is 0 Å². The van der Waals surface area contributed by atoms with Gasteiger partial charge >= 0.3 is 0 Å². The SMILES string of the molecule is C[C@@H](C(=O)C(=O)NCC1CCCCC1)N(C=O)Cc1ccccc1.Cc1cn(C)cn1. The lowest BCUT2D eigenvalue weighted by atomic mass is 9.89. The molecule has 0 aliphatic heterocycles. The molecule has 168 valence electrons. The van der Waals surface area contributed by atoms with Gasteiger partial charge in [0.15, 0.2) is 0 Å². The third-order valence-corrected chi connectivity index (χ3v) is 5.55. The van der Waals surface area contributed by atoms with E-state index < -0.39 is 17.7 Å². The smallest absolute Gasteiger partial charge is 0.289 e. The number of nitrogens with zero attached hydrogens (tertiary/aromatic N) is 3. The van der Waals surface area contributed by atoms with E-state index in [-0.39, 0.29) is 0 Å². The number of rotatable bonds is 8. The molecule has 1 aliphatic carbocycles. The van der Waals surface area contributed by atoms with E-state index in [4.69, 9.17) is 0 Å². The van der Waals surface area contributed by atoms with Gasteiger partial charge in [0.25, 0.3) is 5.91 Å². The molecule has 7 heteroatoms. The van der Waals surface area contributed by atoms with Gasteiger partial charge in [0, 0.05) is 26.3 Å². The molecule has 1 atom stereocenters. The summed E-state index contributed by atoms with van der Waals surface area (Å²) < 4.78 is 1.93. The molecule has 1 aromatic carbocycles. The number of ketones is 1. The summed E-state index contributed by atoms with van der Waals surface area (Å²) in [4.78, 5) is 41.1. The highest BCUT2D eigenvalue weighted by molar-refractivity contribution is 6.38. The first-order valence-corrected chi connectivity index (χ1v) is 10.9. The second kappa shape index (κ2) is 12.7. The predicted molar refractivity (Wildman–Crippen MR) is 120 cm³/mol. The van der Waals surface area contributed by atoms with E-state index in [2.05, 4.69) is 10.3 Å². The first-order valence-electron chi connectivity index (χ1n) is 10.9. The van der Waals surface area contributed by atoms with Gasteiger partial charge in [-0.1, -0.05) is 49.6 Å². The normalized spacial score (nSPS) is 14.7. The second-order valence-electron chi connectivity index (χ2n) is 8.20. The molecule has 0 radical (unpaired) electrons. The number of nitrogens with one attached hydrogen (secondary N) is 1. The Bertz CT molecular complexity index is 812. The fourth-order valence-corrected chi connectivity index (χ4v) is 3.66. The highest BCUT2D eigenvalue weighted by Crippen LogP contribution is 2.22. The van der Waals surface area contributed by atoms with Crippen LogP contribution in [0.15, 0.2) is 42.9 Å². The quantitative estimate of drug-likeness (QED) is 0.519. The van der Waals surface area contributed by atoms with Crippen LogP contribution >= 0.6 is 0 Å². The molecule has 2 amide bonds. The largest absolute Gasteiger partial charge is 0.349 e. The number of imidazole rings is 1. The molecule has 2 aromatic rings. The van der Waals surface area contributed by atoms with Crippen LogP contribution in [0.4, 0.5) is 0 Å². The standard InChI is InChI=1S/C19H26N2O3.C5H8N2/c1-15(21(14-22)13-17-10-6-3-7-11-17)18(23)19(24)20-12-16-8-4-2-5-9-16;1-5-3-7(2)4-6-5/h3,6-7,10-11,14-16H,2,4-5,8-9,12-13H2,1H3,(H,20,24);3-4H,1-2H3/t15-;/m0./s1. The molecule has 1 fully saturated rings. The number of carbonyl (C=O) groups is 3. The monoisotopic (exact) mass is 426 g/mol. The average Bonchev–Trinajstić information content (AvgIpc) is 3.19. The zero-order valence-corrected chi connectivity index (χ0v) is 18.8. The van der Waals surface area contributed by atoms with Crippen LogP contribution in [0.2, 0.25) is 0 Å². The summed E-state index contributed by atoms with van der Waals surface area (Å²) in [5.74, 6) is -0.681. The zero-order valence-electron chi connectivity index (χ0n) is 18.8. The van der Waals surface area contributed by atoms with Crippen LogP contribution in [0, 0.1) is 12.8 Å². The Kier molecular flexibility index (Phi) is 9.94. The minimum absolute atomic E-state index is 0.313. The first kappa shape index (κ1) is 24.3. The molecule has 1 N–H and O–H groups in total.